The summed E-state index contributed by atoms with van der Waals surface area (Å²) in [6, 6.07) is 5.35. The Morgan fingerprint density at radius 2 is 2.15 bits per heavy atom. The zero-order valence-corrected chi connectivity index (χ0v) is 12.9. The monoisotopic (exact) mass is 388 g/mol. The molecule has 1 aliphatic rings. The molecule has 1 aliphatic heterocycles. The van der Waals surface area contributed by atoms with Crippen molar-refractivity contribution in [3.63, 3.8) is 0 Å². The number of imide groups is 1. The molecule has 2 rings (SSSR count). The Hall–Kier alpha value is -1.61. The molecule has 1 aromatic carbocycles. The number of ether oxygens (including phenoxy) is 1. The second-order valence-corrected chi connectivity index (χ2v) is 5.21. The van der Waals surface area contributed by atoms with Gasteiger partial charge in [-0.1, -0.05) is 0 Å². The van der Waals surface area contributed by atoms with Crippen molar-refractivity contribution >= 4 is 40.1 Å². The molecule has 0 aromatic heterocycles. The van der Waals surface area contributed by atoms with Crippen LogP contribution in [0.5, 0.6) is 5.75 Å². The maximum atomic E-state index is 12.0. The molecule has 0 aliphatic carbocycles. The van der Waals surface area contributed by atoms with Crippen LogP contribution in [0.15, 0.2) is 30.0 Å². The summed E-state index contributed by atoms with van der Waals surface area (Å²) in [5.74, 6) is -0.143. The van der Waals surface area contributed by atoms with E-state index in [2.05, 4.69) is 27.9 Å². The first-order chi connectivity index (χ1) is 9.56. The third kappa shape index (κ3) is 2.93. The second-order valence-electron chi connectivity index (χ2n) is 4.05. The van der Waals surface area contributed by atoms with Crippen molar-refractivity contribution in [3.8, 4) is 5.75 Å². The largest absolute Gasteiger partial charge is 0.497 e. The summed E-state index contributed by atoms with van der Waals surface area (Å²) in [4.78, 5) is 24.6. The number of rotatable bonds is 5. The van der Waals surface area contributed by atoms with Gasteiger partial charge in [-0.25, -0.2) is 0 Å². The molecule has 0 fully saturated rings. The van der Waals surface area contributed by atoms with Crippen LogP contribution < -0.4 is 10.1 Å². The van der Waals surface area contributed by atoms with E-state index in [1.807, 2.05) is 6.07 Å². The van der Waals surface area contributed by atoms with Crippen molar-refractivity contribution < 1.29 is 19.4 Å². The van der Waals surface area contributed by atoms with Gasteiger partial charge in [-0.15, -0.1) is 0 Å². The fraction of sp³-hybridized carbons (Fsp3) is 0.231. The lowest BCUT2D eigenvalue weighted by molar-refractivity contribution is -0.137. The summed E-state index contributed by atoms with van der Waals surface area (Å²) in [6.07, 6.45) is 1.23. The first-order valence-corrected chi connectivity index (χ1v) is 6.93. The summed E-state index contributed by atoms with van der Waals surface area (Å²) < 4.78 is 5.97. The maximum absolute atomic E-state index is 12.0. The Morgan fingerprint density at radius 1 is 1.40 bits per heavy atom. The van der Waals surface area contributed by atoms with Crippen molar-refractivity contribution in [1.82, 2.24) is 4.90 Å². The number of β-amino-alcohol motifs (C(OH)–C–C–N with tert-alkyl or cyclic N) is 1. The predicted molar refractivity (Wildman–Crippen MR) is 81.2 cm³/mol. The zero-order valence-electron chi connectivity index (χ0n) is 10.7. The van der Waals surface area contributed by atoms with Crippen molar-refractivity contribution in [3.05, 3.63) is 33.5 Å². The van der Waals surface area contributed by atoms with E-state index in [-0.39, 0.29) is 18.8 Å². The average Bonchev–Trinajstić information content (AvgIpc) is 2.69. The number of benzene rings is 1. The van der Waals surface area contributed by atoms with E-state index in [9.17, 15) is 9.59 Å². The third-order valence-corrected chi connectivity index (χ3v) is 3.67. The van der Waals surface area contributed by atoms with E-state index in [1.165, 1.54) is 6.08 Å². The van der Waals surface area contributed by atoms with Crippen LogP contribution in [-0.4, -0.2) is 42.1 Å². The van der Waals surface area contributed by atoms with Crippen LogP contribution in [0, 0.1) is 3.57 Å². The molecular formula is C13H13IN2O4. The lowest BCUT2D eigenvalue weighted by Gasteiger charge is -2.14. The molecule has 0 bridgehead atoms. The molecule has 0 spiro atoms. The van der Waals surface area contributed by atoms with E-state index in [0.717, 1.165) is 8.47 Å². The number of nitrogens with zero attached hydrogens (tertiary/aromatic N) is 1. The van der Waals surface area contributed by atoms with Crippen LogP contribution in [0.3, 0.4) is 0 Å². The minimum absolute atomic E-state index is 0.000941. The highest BCUT2D eigenvalue weighted by molar-refractivity contribution is 14.1. The van der Waals surface area contributed by atoms with E-state index < -0.39 is 11.8 Å². The van der Waals surface area contributed by atoms with Gasteiger partial charge in [0.05, 0.1) is 25.9 Å². The summed E-state index contributed by atoms with van der Waals surface area (Å²) >= 11 is 2.11. The highest BCUT2D eigenvalue weighted by atomic mass is 127. The van der Waals surface area contributed by atoms with Gasteiger partial charge in [0.15, 0.2) is 0 Å². The molecule has 7 heteroatoms. The molecular weight excluding hydrogens is 375 g/mol. The molecule has 2 amide bonds. The van der Waals surface area contributed by atoms with Crippen LogP contribution >= 0.6 is 22.6 Å². The number of hydrogen-bond donors (Lipinski definition) is 2. The molecule has 1 heterocycles. The minimum Gasteiger partial charge on any atom is -0.497 e. The van der Waals surface area contributed by atoms with Crippen LogP contribution in [-0.2, 0) is 9.59 Å². The number of carbonyl (C=O) groups is 2. The van der Waals surface area contributed by atoms with Gasteiger partial charge in [-0.2, -0.15) is 0 Å². The van der Waals surface area contributed by atoms with E-state index in [4.69, 9.17) is 9.84 Å². The topological polar surface area (TPSA) is 78.9 Å². The van der Waals surface area contributed by atoms with Gasteiger partial charge in [0.1, 0.15) is 11.4 Å². The number of anilines is 1. The van der Waals surface area contributed by atoms with Gasteiger partial charge in [-0.3, -0.25) is 14.5 Å². The van der Waals surface area contributed by atoms with Crippen LogP contribution in [0.1, 0.15) is 0 Å². The Labute approximate surface area is 129 Å². The first-order valence-electron chi connectivity index (χ1n) is 5.85. The molecule has 20 heavy (non-hydrogen) atoms. The van der Waals surface area contributed by atoms with Crippen LogP contribution in [0.4, 0.5) is 5.69 Å². The van der Waals surface area contributed by atoms with Gasteiger partial charge in [0.25, 0.3) is 11.8 Å². The normalized spacial score (nSPS) is 14.6. The Balaban J connectivity index is 2.17. The minimum atomic E-state index is -0.435. The molecule has 1 aromatic rings. The quantitative estimate of drug-likeness (QED) is 0.581. The zero-order chi connectivity index (χ0) is 14.7. The van der Waals surface area contributed by atoms with Crippen LogP contribution in [0.2, 0.25) is 0 Å². The lowest BCUT2D eigenvalue weighted by atomic mass is 10.3. The maximum Gasteiger partial charge on any atom is 0.277 e. The van der Waals surface area contributed by atoms with Gasteiger partial charge >= 0.3 is 0 Å². The molecule has 2 N–H and O–H groups in total. The van der Waals surface area contributed by atoms with Gasteiger partial charge < -0.3 is 15.2 Å². The van der Waals surface area contributed by atoms with E-state index in [0.29, 0.717) is 11.4 Å². The van der Waals surface area contributed by atoms with Crippen molar-refractivity contribution in [1.29, 1.82) is 0 Å². The summed E-state index contributed by atoms with van der Waals surface area (Å²) in [7, 11) is 1.58. The Morgan fingerprint density at radius 3 is 2.75 bits per heavy atom. The number of halogens is 1. The number of aliphatic hydroxyl groups is 1. The fourth-order valence-corrected chi connectivity index (χ4v) is 2.40. The number of nitrogens with one attached hydrogen (secondary N) is 1. The Kier molecular flexibility index (Phi) is 4.61. The Bertz CT molecular complexity index is 586. The highest BCUT2D eigenvalue weighted by Gasteiger charge is 2.30. The molecule has 6 nitrogen and oxygen atoms in total. The third-order valence-electron chi connectivity index (χ3n) is 2.78. The number of amides is 2. The summed E-state index contributed by atoms with van der Waals surface area (Å²) in [5, 5.41) is 11.8. The molecule has 0 atom stereocenters. The molecule has 0 saturated carbocycles. The average molecular weight is 388 g/mol. The highest BCUT2D eigenvalue weighted by Crippen LogP contribution is 2.26. The van der Waals surface area contributed by atoms with Crippen molar-refractivity contribution in [2.45, 2.75) is 0 Å². The smallest absolute Gasteiger partial charge is 0.277 e. The van der Waals surface area contributed by atoms with Crippen LogP contribution in [0.25, 0.3) is 0 Å². The number of methoxy groups -OCH3 is 1. The second kappa shape index (κ2) is 6.23. The van der Waals surface area contributed by atoms with E-state index >= 15 is 0 Å². The summed E-state index contributed by atoms with van der Waals surface area (Å²) in [5.41, 5.74) is 0.913. The van der Waals surface area contributed by atoms with Gasteiger partial charge in [0, 0.05) is 9.65 Å². The predicted octanol–water partition coefficient (Wildman–Crippen LogP) is 0.957. The standard InChI is InChI=1S/C13H13IN2O4/c1-20-8-2-3-10(9(14)6-8)15-11-7-12(18)16(4-5-17)13(11)19/h2-3,6-7,15,17H,4-5H2,1H3. The summed E-state index contributed by atoms with van der Waals surface area (Å²) in [6.45, 7) is -0.252. The fourth-order valence-electron chi connectivity index (χ4n) is 1.78. The van der Waals surface area contributed by atoms with E-state index in [1.54, 1.807) is 19.2 Å². The lowest BCUT2D eigenvalue weighted by Crippen LogP contribution is -2.34. The number of hydrogen-bond acceptors (Lipinski definition) is 5. The van der Waals surface area contributed by atoms with Crippen molar-refractivity contribution in [2.75, 3.05) is 25.6 Å². The van der Waals surface area contributed by atoms with Gasteiger partial charge in [-0.05, 0) is 40.8 Å². The molecule has 0 saturated heterocycles. The number of carbonyl (C=O) groups excluding carboxylic acids is 2. The van der Waals surface area contributed by atoms with Gasteiger partial charge in [0.2, 0.25) is 0 Å². The van der Waals surface area contributed by atoms with Crippen molar-refractivity contribution in [2.24, 2.45) is 0 Å². The first kappa shape index (κ1) is 14.8. The SMILES string of the molecule is COc1ccc(NC2=CC(=O)N(CCO)C2=O)c(I)c1. The number of aliphatic hydroxyl groups excluding tert-OH is 1. The molecule has 106 valence electrons. The molecule has 0 radical (unpaired) electrons. The molecule has 0 unspecified atom stereocenters.